The lowest BCUT2D eigenvalue weighted by Gasteiger charge is -2.47. The predicted molar refractivity (Wildman–Crippen MR) is 132 cm³/mol. The Hall–Kier alpha value is -3.29. The van der Waals surface area contributed by atoms with Gasteiger partial charge >= 0.3 is 0 Å². The third kappa shape index (κ3) is 4.09. The number of methoxy groups -OCH3 is 2. The van der Waals surface area contributed by atoms with Gasteiger partial charge in [-0.15, -0.1) is 0 Å². The molecule has 6 rings (SSSR count). The van der Waals surface area contributed by atoms with Crippen LogP contribution in [0.3, 0.4) is 0 Å². The summed E-state index contributed by atoms with van der Waals surface area (Å²) in [6.45, 7) is 5.87. The van der Waals surface area contributed by atoms with E-state index < -0.39 is 0 Å². The standard InChI is InChI=1S/C28H30N2O5/c1-31-26-21(19-7-9-24-25(14-19)35-13-12-34-24)4-3-5-22(26)23-8-6-20(27(29-23)32-2)15-30-16-28(17-30)10-11-33-18-28/h3-9,14H,10-13,15-18H2,1-2H3. The summed E-state index contributed by atoms with van der Waals surface area (Å²) in [5.41, 5.74) is 5.15. The molecule has 3 aliphatic rings. The summed E-state index contributed by atoms with van der Waals surface area (Å²) in [7, 11) is 3.37. The molecule has 1 aromatic heterocycles. The molecule has 0 bridgehead atoms. The van der Waals surface area contributed by atoms with Crippen molar-refractivity contribution in [3.8, 4) is 45.5 Å². The van der Waals surface area contributed by atoms with E-state index in [1.165, 1.54) is 0 Å². The Kier molecular flexibility index (Phi) is 5.74. The van der Waals surface area contributed by atoms with Gasteiger partial charge in [-0.1, -0.05) is 24.3 Å². The van der Waals surface area contributed by atoms with Crippen LogP contribution in [0.25, 0.3) is 22.4 Å². The fourth-order valence-electron chi connectivity index (χ4n) is 5.47. The average molecular weight is 475 g/mol. The fraction of sp³-hybridized carbons (Fsp3) is 0.393. The Morgan fingerprint density at radius 2 is 1.74 bits per heavy atom. The van der Waals surface area contributed by atoms with Crippen LogP contribution in [0.15, 0.2) is 48.5 Å². The first-order valence-corrected chi connectivity index (χ1v) is 12.1. The van der Waals surface area contributed by atoms with E-state index >= 15 is 0 Å². The van der Waals surface area contributed by atoms with Gasteiger partial charge in [0.1, 0.15) is 19.0 Å². The smallest absolute Gasteiger partial charge is 0.218 e. The zero-order valence-corrected chi connectivity index (χ0v) is 20.2. The highest BCUT2D eigenvalue weighted by Crippen LogP contribution is 2.43. The third-order valence-corrected chi connectivity index (χ3v) is 7.18. The SMILES string of the molecule is COc1nc(-c2cccc(-c3ccc4c(c3)OCCO4)c2OC)ccc1CN1CC2(CCOC2)C1. The molecule has 0 radical (unpaired) electrons. The zero-order valence-electron chi connectivity index (χ0n) is 20.2. The summed E-state index contributed by atoms with van der Waals surface area (Å²) < 4.78 is 28.7. The second-order valence-electron chi connectivity index (χ2n) is 9.56. The van der Waals surface area contributed by atoms with Gasteiger partial charge in [0.05, 0.1) is 26.5 Å². The Morgan fingerprint density at radius 1 is 0.914 bits per heavy atom. The van der Waals surface area contributed by atoms with Gasteiger partial charge in [-0.3, -0.25) is 4.90 Å². The predicted octanol–water partition coefficient (Wildman–Crippen LogP) is 4.43. The number of nitrogens with zero attached hydrogens (tertiary/aromatic N) is 2. The Balaban J connectivity index is 1.29. The molecule has 3 aliphatic heterocycles. The summed E-state index contributed by atoms with van der Waals surface area (Å²) in [5.74, 6) is 2.93. The lowest BCUT2D eigenvalue weighted by molar-refractivity contribution is -0.0128. The van der Waals surface area contributed by atoms with Crippen LogP contribution in [-0.2, 0) is 11.3 Å². The number of fused-ring (bicyclic) bond motifs is 1. The van der Waals surface area contributed by atoms with Crippen LogP contribution < -0.4 is 18.9 Å². The lowest BCUT2D eigenvalue weighted by atomic mass is 9.79. The molecule has 7 heteroatoms. The largest absolute Gasteiger partial charge is 0.495 e. The van der Waals surface area contributed by atoms with Crippen molar-refractivity contribution >= 4 is 0 Å². The Labute approximate surface area is 205 Å². The normalized spacial score (nSPS) is 18.3. The van der Waals surface area contributed by atoms with Crippen molar-refractivity contribution in [1.82, 2.24) is 9.88 Å². The summed E-state index contributed by atoms with van der Waals surface area (Å²) in [6.07, 6.45) is 1.16. The van der Waals surface area contributed by atoms with Crippen molar-refractivity contribution < 1.29 is 23.7 Å². The van der Waals surface area contributed by atoms with E-state index in [0.29, 0.717) is 24.5 Å². The molecule has 182 valence electrons. The number of pyridine rings is 1. The molecule has 3 aromatic rings. The number of rotatable bonds is 6. The third-order valence-electron chi connectivity index (χ3n) is 7.18. The molecule has 0 atom stereocenters. The monoisotopic (exact) mass is 474 g/mol. The highest BCUT2D eigenvalue weighted by atomic mass is 16.6. The topological polar surface area (TPSA) is 62.3 Å². The van der Waals surface area contributed by atoms with Crippen LogP contribution in [0.5, 0.6) is 23.1 Å². The quantitative estimate of drug-likeness (QED) is 0.524. The van der Waals surface area contributed by atoms with Gasteiger partial charge in [-0.05, 0) is 36.2 Å². The molecule has 0 unspecified atom stereocenters. The van der Waals surface area contributed by atoms with Crippen molar-refractivity contribution in [3.63, 3.8) is 0 Å². The van der Waals surface area contributed by atoms with E-state index in [4.69, 9.17) is 28.7 Å². The summed E-state index contributed by atoms with van der Waals surface area (Å²) >= 11 is 0. The van der Waals surface area contributed by atoms with Crippen LogP contribution in [0.2, 0.25) is 0 Å². The van der Waals surface area contributed by atoms with E-state index in [2.05, 4.69) is 17.0 Å². The van der Waals surface area contributed by atoms with Crippen molar-refractivity contribution in [2.24, 2.45) is 5.41 Å². The molecule has 7 nitrogen and oxygen atoms in total. The summed E-state index contributed by atoms with van der Waals surface area (Å²) in [5, 5.41) is 0. The minimum absolute atomic E-state index is 0.363. The maximum atomic E-state index is 5.90. The van der Waals surface area contributed by atoms with Crippen LogP contribution in [0.1, 0.15) is 12.0 Å². The number of benzene rings is 2. The van der Waals surface area contributed by atoms with Gasteiger partial charge in [-0.25, -0.2) is 4.98 Å². The first kappa shape index (κ1) is 22.2. The van der Waals surface area contributed by atoms with Gasteiger partial charge in [0.25, 0.3) is 0 Å². The van der Waals surface area contributed by atoms with Crippen molar-refractivity contribution in [3.05, 3.63) is 54.1 Å². The fourth-order valence-corrected chi connectivity index (χ4v) is 5.47. The first-order chi connectivity index (χ1) is 17.2. The van der Waals surface area contributed by atoms with Crippen LogP contribution >= 0.6 is 0 Å². The molecule has 35 heavy (non-hydrogen) atoms. The molecule has 0 saturated carbocycles. The minimum Gasteiger partial charge on any atom is -0.495 e. The maximum absolute atomic E-state index is 5.90. The van der Waals surface area contributed by atoms with Crippen LogP contribution in [0, 0.1) is 5.41 Å². The second kappa shape index (κ2) is 9.06. The highest BCUT2D eigenvalue weighted by Gasteiger charge is 2.45. The minimum atomic E-state index is 0.363. The molecule has 4 heterocycles. The van der Waals surface area contributed by atoms with E-state index in [0.717, 1.165) is 84.5 Å². The van der Waals surface area contributed by atoms with Crippen LogP contribution in [-0.4, -0.2) is 63.6 Å². The van der Waals surface area contributed by atoms with Gasteiger partial charge < -0.3 is 23.7 Å². The molecule has 2 saturated heterocycles. The van der Waals surface area contributed by atoms with Gasteiger partial charge in [0.15, 0.2) is 11.5 Å². The molecular weight excluding hydrogens is 444 g/mol. The summed E-state index contributed by atoms with van der Waals surface area (Å²) in [4.78, 5) is 7.32. The maximum Gasteiger partial charge on any atom is 0.218 e. The average Bonchev–Trinajstić information content (AvgIpc) is 3.38. The van der Waals surface area contributed by atoms with Gasteiger partial charge in [-0.2, -0.15) is 0 Å². The van der Waals surface area contributed by atoms with Gasteiger partial charge in [0.2, 0.25) is 5.88 Å². The number of hydrogen-bond donors (Lipinski definition) is 0. The van der Waals surface area contributed by atoms with E-state index in [1.54, 1.807) is 14.2 Å². The van der Waals surface area contributed by atoms with Crippen LogP contribution in [0.4, 0.5) is 0 Å². The second-order valence-corrected chi connectivity index (χ2v) is 9.56. The number of ether oxygens (including phenoxy) is 5. The number of para-hydroxylation sites is 1. The number of hydrogen-bond acceptors (Lipinski definition) is 7. The van der Waals surface area contributed by atoms with E-state index in [1.807, 2.05) is 36.4 Å². The molecule has 2 aromatic carbocycles. The number of aromatic nitrogens is 1. The van der Waals surface area contributed by atoms with Crippen molar-refractivity contribution in [2.75, 3.05) is 53.7 Å². The summed E-state index contributed by atoms with van der Waals surface area (Å²) in [6, 6.07) is 16.3. The van der Waals surface area contributed by atoms with Crippen molar-refractivity contribution in [2.45, 2.75) is 13.0 Å². The molecular formula is C28H30N2O5. The number of likely N-dealkylation sites (tertiary alicyclic amines) is 1. The Morgan fingerprint density at radius 3 is 2.51 bits per heavy atom. The highest BCUT2D eigenvalue weighted by molar-refractivity contribution is 5.82. The van der Waals surface area contributed by atoms with Gasteiger partial charge in [0, 0.05) is 48.3 Å². The Bertz CT molecular complexity index is 1230. The zero-order chi connectivity index (χ0) is 23.8. The van der Waals surface area contributed by atoms with Crippen molar-refractivity contribution in [1.29, 1.82) is 0 Å². The van der Waals surface area contributed by atoms with E-state index in [9.17, 15) is 0 Å². The molecule has 0 amide bonds. The molecule has 1 spiro atoms. The van der Waals surface area contributed by atoms with E-state index in [-0.39, 0.29) is 0 Å². The lowest BCUT2D eigenvalue weighted by Crippen LogP contribution is -2.56. The molecule has 0 N–H and O–H groups in total. The molecule has 0 aliphatic carbocycles. The molecule has 2 fully saturated rings. The first-order valence-electron chi connectivity index (χ1n) is 12.1.